The molecule has 2 aromatic heterocycles. The monoisotopic (exact) mass is 581 g/mol. The quantitative estimate of drug-likeness (QED) is 0.298. The van der Waals surface area contributed by atoms with E-state index in [0.717, 1.165) is 80.0 Å². The molecule has 1 amide bonds. The molecule has 0 spiro atoms. The topological polar surface area (TPSA) is 104 Å². The molecule has 2 aromatic carbocycles. The Morgan fingerprint density at radius 2 is 1.79 bits per heavy atom. The highest BCUT2D eigenvalue weighted by molar-refractivity contribution is 6.02. The smallest absolute Gasteiger partial charge is 0.247 e. The number of nitrogens with one attached hydrogen (secondary N) is 2. The fraction of sp³-hybridized carbons (Fsp3) is 0.375. The number of aryl methyl sites for hydroxylation is 1. The van der Waals surface area contributed by atoms with E-state index in [9.17, 15) is 4.79 Å². The second-order valence-electron chi connectivity index (χ2n) is 11.3. The van der Waals surface area contributed by atoms with Gasteiger partial charge in [0, 0.05) is 75.4 Å². The van der Waals surface area contributed by atoms with E-state index in [4.69, 9.17) is 4.74 Å². The zero-order chi connectivity index (χ0) is 29.9. The Morgan fingerprint density at radius 1 is 1.00 bits per heavy atom. The summed E-state index contributed by atoms with van der Waals surface area (Å²) in [4.78, 5) is 28.8. The van der Waals surface area contributed by atoms with E-state index in [1.54, 1.807) is 7.11 Å². The minimum absolute atomic E-state index is 0.264. The zero-order valence-corrected chi connectivity index (χ0v) is 25.1. The van der Waals surface area contributed by atoms with Crippen LogP contribution in [0, 0.1) is 0 Å². The van der Waals surface area contributed by atoms with Gasteiger partial charge in [-0.05, 0) is 38.1 Å². The first-order valence-corrected chi connectivity index (χ1v) is 14.8. The normalized spacial score (nSPS) is 16.8. The summed E-state index contributed by atoms with van der Waals surface area (Å²) in [7, 11) is 5.77. The van der Waals surface area contributed by atoms with Crippen molar-refractivity contribution in [2.75, 3.05) is 69.0 Å². The molecule has 11 heteroatoms. The van der Waals surface area contributed by atoms with Crippen LogP contribution in [0.4, 0.5) is 22.9 Å². The largest absolute Gasteiger partial charge is 0.494 e. The van der Waals surface area contributed by atoms with Gasteiger partial charge in [0.15, 0.2) is 0 Å². The minimum Gasteiger partial charge on any atom is -0.494 e. The van der Waals surface area contributed by atoms with Gasteiger partial charge in [-0.15, -0.1) is 0 Å². The Bertz CT molecular complexity index is 1620. The summed E-state index contributed by atoms with van der Waals surface area (Å²) in [5.41, 5.74) is 5.08. The van der Waals surface area contributed by atoms with Gasteiger partial charge >= 0.3 is 0 Å². The van der Waals surface area contributed by atoms with Crippen LogP contribution in [-0.4, -0.2) is 94.9 Å². The summed E-state index contributed by atoms with van der Waals surface area (Å²) in [6.45, 7) is 9.95. The molecule has 0 saturated carbocycles. The first-order valence-electron chi connectivity index (χ1n) is 14.8. The Kier molecular flexibility index (Phi) is 8.26. The molecule has 0 atom stereocenters. The van der Waals surface area contributed by atoms with Gasteiger partial charge in [0.25, 0.3) is 0 Å². The van der Waals surface area contributed by atoms with Crippen LogP contribution in [0.15, 0.2) is 61.6 Å². The van der Waals surface area contributed by atoms with Crippen molar-refractivity contribution in [2.24, 2.45) is 7.05 Å². The van der Waals surface area contributed by atoms with E-state index in [1.165, 1.54) is 12.4 Å². The molecular weight excluding hydrogens is 542 g/mol. The maximum Gasteiger partial charge on any atom is 0.247 e. The lowest BCUT2D eigenvalue weighted by atomic mass is 10.0. The molecule has 43 heavy (non-hydrogen) atoms. The third-order valence-electron chi connectivity index (χ3n) is 8.60. The molecule has 4 aromatic rings. The van der Waals surface area contributed by atoms with E-state index >= 15 is 0 Å². The van der Waals surface area contributed by atoms with Crippen molar-refractivity contribution in [3.63, 3.8) is 0 Å². The molecule has 0 bridgehead atoms. The number of benzene rings is 2. The molecule has 4 heterocycles. The lowest BCUT2D eigenvalue weighted by Gasteiger charge is -2.43. The fourth-order valence-electron chi connectivity index (χ4n) is 6.07. The summed E-state index contributed by atoms with van der Waals surface area (Å²) in [5.74, 6) is 0.999. The Morgan fingerprint density at radius 3 is 2.53 bits per heavy atom. The minimum atomic E-state index is -0.264. The number of piperidine rings is 1. The van der Waals surface area contributed by atoms with Crippen LogP contribution < -0.4 is 20.3 Å². The van der Waals surface area contributed by atoms with Gasteiger partial charge in [-0.1, -0.05) is 18.7 Å². The average molecular weight is 582 g/mol. The van der Waals surface area contributed by atoms with Crippen LogP contribution in [0.3, 0.4) is 0 Å². The molecular formula is C32H39N9O2. The van der Waals surface area contributed by atoms with Gasteiger partial charge in [0.2, 0.25) is 5.91 Å². The fourth-order valence-corrected chi connectivity index (χ4v) is 6.07. The number of hydrogen-bond donors (Lipinski definition) is 2. The van der Waals surface area contributed by atoms with Crippen molar-refractivity contribution in [1.82, 2.24) is 29.5 Å². The SMILES string of the molecule is C=CC(=O)Nc1cc(Nc2cc(-c3ccc4cnn(C)c4c3)ncn2)c(OC)cc1N1CCC(N2CCN(C)CC2)CC1. The number of amides is 1. The van der Waals surface area contributed by atoms with Gasteiger partial charge < -0.3 is 25.2 Å². The van der Waals surface area contributed by atoms with Crippen molar-refractivity contribution in [3.05, 3.63) is 61.6 Å². The lowest BCUT2D eigenvalue weighted by molar-refractivity contribution is -0.111. The predicted molar refractivity (Wildman–Crippen MR) is 171 cm³/mol. The molecule has 224 valence electrons. The Labute approximate surface area is 252 Å². The van der Waals surface area contributed by atoms with E-state index in [-0.39, 0.29) is 5.91 Å². The van der Waals surface area contributed by atoms with Crippen molar-refractivity contribution < 1.29 is 9.53 Å². The van der Waals surface area contributed by atoms with Crippen molar-refractivity contribution in [3.8, 4) is 17.0 Å². The molecule has 11 nitrogen and oxygen atoms in total. The summed E-state index contributed by atoms with van der Waals surface area (Å²) in [5, 5.41) is 11.8. The van der Waals surface area contributed by atoms with Crippen LogP contribution in [-0.2, 0) is 11.8 Å². The number of carbonyl (C=O) groups excluding carboxylic acids is 1. The number of rotatable bonds is 8. The summed E-state index contributed by atoms with van der Waals surface area (Å²) < 4.78 is 7.69. The number of ether oxygens (including phenoxy) is 1. The number of nitrogens with zero attached hydrogens (tertiary/aromatic N) is 7. The number of fused-ring (bicyclic) bond motifs is 1. The maximum atomic E-state index is 12.5. The van der Waals surface area contributed by atoms with Gasteiger partial charge in [-0.2, -0.15) is 5.10 Å². The Hall–Kier alpha value is -4.48. The number of piperazine rings is 1. The molecule has 2 aliphatic rings. The van der Waals surface area contributed by atoms with Crippen LogP contribution in [0.5, 0.6) is 5.75 Å². The summed E-state index contributed by atoms with van der Waals surface area (Å²) >= 11 is 0. The molecule has 0 unspecified atom stereocenters. The molecule has 0 radical (unpaired) electrons. The molecule has 2 aliphatic heterocycles. The second-order valence-corrected chi connectivity index (χ2v) is 11.3. The van der Waals surface area contributed by atoms with E-state index in [2.05, 4.69) is 60.1 Å². The zero-order valence-electron chi connectivity index (χ0n) is 25.1. The van der Waals surface area contributed by atoms with Crippen LogP contribution in [0.2, 0.25) is 0 Å². The second kappa shape index (κ2) is 12.4. The number of anilines is 4. The number of carbonyl (C=O) groups is 1. The number of hydrogen-bond acceptors (Lipinski definition) is 9. The van der Waals surface area contributed by atoms with Gasteiger partial charge in [-0.3, -0.25) is 14.4 Å². The standard InChI is InChI=1S/C32H39N9O2/c1-5-32(42)37-26-17-27(36-31-18-25(33-21-34-31)22-6-7-23-20-35-39(3)28(23)16-22)30(43-4)19-29(26)41-10-8-24(9-11-41)40-14-12-38(2)13-15-40/h5-7,16-21,24H,1,8-15H2,2-4H3,(H,37,42)(H,33,34,36). The van der Waals surface area contributed by atoms with Crippen molar-refractivity contribution in [1.29, 1.82) is 0 Å². The highest BCUT2D eigenvalue weighted by Gasteiger charge is 2.28. The van der Waals surface area contributed by atoms with E-state index in [1.807, 2.05) is 48.3 Å². The first-order chi connectivity index (χ1) is 20.9. The average Bonchev–Trinajstić information content (AvgIpc) is 3.41. The maximum absolute atomic E-state index is 12.5. The number of methoxy groups -OCH3 is 1. The van der Waals surface area contributed by atoms with Gasteiger partial charge in [-0.25, -0.2) is 9.97 Å². The third-order valence-corrected chi connectivity index (χ3v) is 8.60. The lowest BCUT2D eigenvalue weighted by Crippen LogP contribution is -2.52. The Balaban J connectivity index is 1.25. The summed E-state index contributed by atoms with van der Waals surface area (Å²) in [6.07, 6.45) is 6.83. The first kappa shape index (κ1) is 28.6. The van der Waals surface area contributed by atoms with E-state index < -0.39 is 0 Å². The summed E-state index contributed by atoms with van der Waals surface area (Å²) in [6, 6.07) is 12.5. The highest BCUT2D eigenvalue weighted by atomic mass is 16.5. The van der Waals surface area contributed by atoms with E-state index in [0.29, 0.717) is 29.0 Å². The van der Waals surface area contributed by atoms with Crippen LogP contribution in [0.25, 0.3) is 22.2 Å². The third kappa shape index (κ3) is 6.18. The van der Waals surface area contributed by atoms with Crippen molar-refractivity contribution in [2.45, 2.75) is 18.9 Å². The number of aromatic nitrogens is 4. The van der Waals surface area contributed by atoms with Crippen LogP contribution in [0.1, 0.15) is 12.8 Å². The molecule has 0 aliphatic carbocycles. The van der Waals surface area contributed by atoms with Gasteiger partial charge in [0.05, 0.1) is 41.6 Å². The molecule has 2 N–H and O–H groups in total. The van der Waals surface area contributed by atoms with Crippen molar-refractivity contribution >= 4 is 39.7 Å². The number of likely N-dealkylation sites (N-methyl/N-ethyl adjacent to an activating group) is 1. The predicted octanol–water partition coefficient (Wildman–Crippen LogP) is 4.12. The molecule has 2 saturated heterocycles. The highest BCUT2D eigenvalue weighted by Crippen LogP contribution is 2.40. The van der Waals surface area contributed by atoms with Gasteiger partial charge in [0.1, 0.15) is 17.9 Å². The molecule has 6 rings (SSSR count). The van der Waals surface area contributed by atoms with Crippen LogP contribution >= 0.6 is 0 Å². The molecule has 2 fully saturated rings.